The van der Waals surface area contributed by atoms with Crippen LogP contribution >= 0.6 is 0 Å². The molecule has 0 unspecified atom stereocenters. The highest BCUT2D eigenvalue weighted by Crippen LogP contribution is 2.19. The van der Waals surface area contributed by atoms with Crippen LogP contribution in [0, 0.1) is 0 Å². The summed E-state index contributed by atoms with van der Waals surface area (Å²) < 4.78 is 0. The van der Waals surface area contributed by atoms with Crippen LogP contribution in [0.5, 0.6) is 0 Å². The van der Waals surface area contributed by atoms with Crippen LogP contribution in [-0.4, -0.2) is 53.4 Å². The molecule has 2 heterocycles. The molecule has 1 aromatic carbocycles. The van der Waals surface area contributed by atoms with E-state index < -0.39 is 0 Å². The van der Waals surface area contributed by atoms with Gasteiger partial charge in [0.05, 0.1) is 6.04 Å². The van der Waals surface area contributed by atoms with Gasteiger partial charge in [-0.15, -0.1) is 0 Å². The number of benzene rings is 1. The van der Waals surface area contributed by atoms with Crippen molar-refractivity contribution in [3.63, 3.8) is 0 Å². The van der Waals surface area contributed by atoms with E-state index in [9.17, 15) is 9.59 Å². The van der Waals surface area contributed by atoms with E-state index >= 15 is 0 Å². The molecule has 3 rings (SSSR count). The van der Waals surface area contributed by atoms with E-state index in [-0.39, 0.29) is 23.9 Å². The van der Waals surface area contributed by atoms with Crippen molar-refractivity contribution in [2.75, 3.05) is 19.6 Å². The molecule has 0 spiro atoms. The summed E-state index contributed by atoms with van der Waals surface area (Å²) in [6.45, 7) is 3.77. The molecule has 1 fully saturated rings. The summed E-state index contributed by atoms with van der Waals surface area (Å²) >= 11 is 0. The minimum absolute atomic E-state index is 0.00481. The molecule has 1 saturated heterocycles. The number of nitrogens with one attached hydrogen (secondary N) is 2. The zero-order chi connectivity index (χ0) is 19.8. The van der Waals surface area contributed by atoms with Crippen LogP contribution in [0.4, 0.5) is 0 Å². The largest absolute Gasteiger partial charge is 0.355 e. The first-order valence-corrected chi connectivity index (χ1v) is 9.62. The van der Waals surface area contributed by atoms with Crippen LogP contribution in [-0.2, 0) is 4.79 Å². The number of aromatic nitrogens is 1. The van der Waals surface area contributed by atoms with E-state index in [2.05, 4.69) is 32.7 Å². The molecule has 2 amide bonds. The predicted octanol–water partition coefficient (Wildman–Crippen LogP) is 2.10. The lowest BCUT2D eigenvalue weighted by molar-refractivity contribution is -0.125. The fourth-order valence-electron chi connectivity index (χ4n) is 3.42. The summed E-state index contributed by atoms with van der Waals surface area (Å²) in [4.78, 5) is 31.1. The molecule has 1 aliphatic rings. The van der Waals surface area contributed by atoms with Crippen LogP contribution in [0.25, 0.3) is 6.08 Å². The number of hydrogen-bond acceptors (Lipinski definition) is 4. The number of likely N-dealkylation sites (tertiary alicyclic amines) is 1. The third-order valence-corrected chi connectivity index (χ3v) is 4.74. The molecular formula is C22H26N4O2. The highest BCUT2D eigenvalue weighted by Gasteiger charge is 2.36. The lowest BCUT2D eigenvalue weighted by Gasteiger charge is -2.21. The zero-order valence-corrected chi connectivity index (χ0v) is 16.0. The van der Waals surface area contributed by atoms with Crippen LogP contribution in [0.1, 0.15) is 29.4 Å². The Balaban J connectivity index is 1.64. The van der Waals surface area contributed by atoms with Crippen molar-refractivity contribution >= 4 is 17.9 Å². The topological polar surface area (TPSA) is 74.3 Å². The Hall–Kier alpha value is -2.99. The van der Waals surface area contributed by atoms with Crippen molar-refractivity contribution in [2.24, 2.45) is 0 Å². The lowest BCUT2D eigenvalue weighted by atomic mass is 10.1. The second-order valence-corrected chi connectivity index (χ2v) is 6.80. The molecule has 1 aromatic heterocycles. The normalized spacial score (nSPS) is 19.6. The van der Waals surface area contributed by atoms with Gasteiger partial charge in [-0.3, -0.25) is 19.5 Å². The van der Waals surface area contributed by atoms with Gasteiger partial charge in [-0.2, -0.15) is 0 Å². The van der Waals surface area contributed by atoms with E-state index in [4.69, 9.17) is 0 Å². The maximum Gasteiger partial charge on any atom is 0.270 e. The Bertz CT molecular complexity index is 808. The van der Waals surface area contributed by atoms with Gasteiger partial charge in [0.1, 0.15) is 5.69 Å². The number of nitrogens with zero attached hydrogens (tertiary/aromatic N) is 2. The van der Waals surface area contributed by atoms with Crippen LogP contribution in [0.15, 0.2) is 60.8 Å². The third kappa shape index (κ3) is 5.27. The summed E-state index contributed by atoms with van der Waals surface area (Å²) in [5.41, 5.74) is 1.51. The fraction of sp³-hybridized carbons (Fsp3) is 0.318. The minimum Gasteiger partial charge on any atom is -0.355 e. The van der Waals surface area contributed by atoms with Crippen LogP contribution in [0.3, 0.4) is 0 Å². The van der Waals surface area contributed by atoms with Gasteiger partial charge in [-0.05, 0) is 31.0 Å². The lowest BCUT2D eigenvalue weighted by Crippen LogP contribution is -2.43. The van der Waals surface area contributed by atoms with Crippen molar-refractivity contribution in [1.29, 1.82) is 0 Å². The van der Waals surface area contributed by atoms with Gasteiger partial charge >= 0.3 is 0 Å². The van der Waals surface area contributed by atoms with Gasteiger partial charge in [0.2, 0.25) is 5.91 Å². The summed E-state index contributed by atoms with van der Waals surface area (Å²) in [5, 5.41) is 5.91. The molecule has 2 aromatic rings. The SMILES string of the molecule is CCNC(=O)[C@@H]1C[C@@H](NC(=O)c2ccccn2)CN1CC=Cc1ccccc1. The maximum absolute atomic E-state index is 12.5. The van der Waals surface area contributed by atoms with Gasteiger partial charge < -0.3 is 10.6 Å². The third-order valence-electron chi connectivity index (χ3n) is 4.74. The second kappa shape index (κ2) is 9.80. The van der Waals surface area contributed by atoms with Crippen molar-refractivity contribution in [3.8, 4) is 0 Å². The second-order valence-electron chi connectivity index (χ2n) is 6.80. The Kier molecular flexibility index (Phi) is 6.92. The first-order chi connectivity index (χ1) is 13.7. The van der Waals surface area contributed by atoms with E-state index in [0.717, 1.165) is 5.56 Å². The van der Waals surface area contributed by atoms with E-state index in [0.29, 0.717) is 31.7 Å². The van der Waals surface area contributed by atoms with Crippen LogP contribution in [0.2, 0.25) is 0 Å². The number of pyridine rings is 1. The smallest absolute Gasteiger partial charge is 0.270 e. The summed E-state index contributed by atoms with van der Waals surface area (Å²) in [7, 11) is 0. The molecule has 2 atom stereocenters. The number of carbonyl (C=O) groups excluding carboxylic acids is 2. The molecular weight excluding hydrogens is 352 g/mol. The first-order valence-electron chi connectivity index (χ1n) is 9.62. The Morgan fingerprint density at radius 2 is 1.96 bits per heavy atom. The van der Waals surface area contributed by atoms with E-state index in [1.165, 1.54) is 0 Å². The number of carbonyl (C=O) groups is 2. The van der Waals surface area contributed by atoms with Gasteiger partial charge in [0.15, 0.2) is 0 Å². The molecule has 1 aliphatic heterocycles. The standard InChI is InChI=1S/C22H26N4O2/c1-2-23-22(28)20-15-18(25-21(27)19-12-6-7-13-24-19)16-26(20)14-8-11-17-9-4-3-5-10-17/h3-13,18,20H,2,14-16H2,1H3,(H,23,28)(H,25,27)/t18-,20+/m1/s1. The summed E-state index contributed by atoms with van der Waals surface area (Å²) in [6, 6.07) is 15.0. The number of likely N-dealkylation sites (N-methyl/N-ethyl adjacent to an activating group) is 1. The van der Waals surface area contributed by atoms with Crippen molar-refractivity contribution in [2.45, 2.75) is 25.4 Å². The van der Waals surface area contributed by atoms with Crippen molar-refractivity contribution < 1.29 is 9.59 Å². The van der Waals surface area contributed by atoms with Gasteiger partial charge in [0.25, 0.3) is 5.91 Å². The van der Waals surface area contributed by atoms with E-state index in [1.807, 2.05) is 37.3 Å². The highest BCUT2D eigenvalue weighted by molar-refractivity contribution is 5.92. The number of hydrogen-bond donors (Lipinski definition) is 2. The summed E-state index contributed by atoms with van der Waals surface area (Å²) in [6.07, 6.45) is 6.30. The summed E-state index contributed by atoms with van der Waals surface area (Å²) in [5.74, 6) is -0.202. The van der Waals surface area contributed by atoms with E-state index in [1.54, 1.807) is 24.4 Å². The Morgan fingerprint density at radius 1 is 1.18 bits per heavy atom. The van der Waals surface area contributed by atoms with Crippen LogP contribution < -0.4 is 10.6 Å². The molecule has 0 bridgehead atoms. The van der Waals surface area contributed by atoms with Crippen molar-refractivity contribution in [1.82, 2.24) is 20.5 Å². The molecule has 6 nitrogen and oxygen atoms in total. The Morgan fingerprint density at radius 3 is 2.68 bits per heavy atom. The maximum atomic E-state index is 12.5. The molecule has 146 valence electrons. The van der Waals surface area contributed by atoms with Gasteiger partial charge in [-0.1, -0.05) is 48.6 Å². The van der Waals surface area contributed by atoms with Crippen molar-refractivity contribution in [3.05, 3.63) is 72.1 Å². The van der Waals surface area contributed by atoms with Gasteiger partial charge in [-0.25, -0.2) is 0 Å². The zero-order valence-electron chi connectivity index (χ0n) is 16.0. The molecule has 6 heteroatoms. The van der Waals surface area contributed by atoms with Gasteiger partial charge in [0, 0.05) is 31.9 Å². The first kappa shape index (κ1) is 19.8. The average molecular weight is 378 g/mol. The fourth-order valence-corrected chi connectivity index (χ4v) is 3.42. The number of rotatable bonds is 7. The molecule has 0 radical (unpaired) electrons. The highest BCUT2D eigenvalue weighted by atomic mass is 16.2. The molecule has 0 saturated carbocycles. The quantitative estimate of drug-likeness (QED) is 0.774. The predicted molar refractivity (Wildman–Crippen MR) is 110 cm³/mol. The number of amides is 2. The Labute approximate surface area is 165 Å². The average Bonchev–Trinajstić information content (AvgIpc) is 3.12. The molecule has 0 aliphatic carbocycles. The monoisotopic (exact) mass is 378 g/mol. The minimum atomic E-state index is -0.255. The molecule has 28 heavy (non-hydrogen) atoms. The molecule has 2 N–H and O–H groups in total.